The van der Waals surface area contributed by atoms with Crippen molar-refractivity contribution in [1.29, 1.82) is 0 Å². The lowest BCUT2D eigenvalue weighted by Gasteiger charge is -2.46. The van der Waals surface area contributed by atoms with Crippen molar-refractivity contribution in [2.75, 3.05) is 25.9 Å². The number of likely N-dealkylation sites (tertiary alicyclic amines) is 1. The number of nitrogen functional groups attached to an aromatic ring is 1. The molecule has 5 heteroatoms. The van der Waals surface area contributed by atoms with Crippen molar-refractivity contribution < 1.29 is 14.6 Å². The van der Waals surface area contributed by atoms with Crippen molar-refractivity contribution in [3.63, 3.8) is 0 Å². The third kappa shape index (κ3) is 2.26. The molecule has 1 aliphatic rings. The first-order valence-electron chi connectivity index (χ1n) is 5.93. The molecule has 1 amide bonds. The second-order valence-electron chi connectivity index (χ2n) is 4.73. The lowest BCUT2D eigenvalue weighted by molar-refractivity contribution is -0.0826. The van der Waals surface area contributed by atoms with Crippen LogP contribution < -0.4 is 10.5 Å². The normalized spacial score (nSPS) is 17.2. The van der Waals surface area contributed by atoms with E-state index in [4.69, 9.17) is 10.5 Å². The largest absolute Gasteiger partial charge is 0.497 e. The molecule has 1 aliphatic heterocycles. The monoisotopic (exact) mass is 250 g/mol. The fourth-order valence-electron chi connectivity index (χ4n) is 2.08. The van der Waals surface area contributed by atoms with Gasteiger partial charge in [0.15, 0.2) is 0 Å². The zero-order chi connectivity index (χ0) is 13.3. The van der Waals surface area contributed by atoms with Crippen molar-refractivity contribution in [3.8, 4) is 5.75 Å². The molecule has 0 radical (unpaired) electrons. The first-order valence-corrected chi connectivity index (χ1v) is 5.93. The molecule has 1 fully saturated rings. The van der Waals surface area contributed by atoms with Gasteiger partial charge in [0.2, 0.25) is 0 Å². The number of nitrogens with two attached hydrogens (primary N) is 1. The first-order chi connectivity index (χ1) is 8.47. The number of anilines is 1. The molecule has 0 aliphatic carbocycles. The molecule has 0 spiro atoms. The van der Waals surface area contributed by atoms with Gasteiger partial charge in [-0.1, -0.05) is 6.92 Å². The van der Waals surface area contributed by atoms with Gasteiger partial charge < -0.3 is 20.5 Å². The predicted molar refractivity (Wildman–Crippen MR) is 68.6 cm³/mol. The maximum Gasteiger partial charge on any atom is 0.254 e. The van der Waals surface area contributed by atoms with E-state index in [1.807, 2.05) is 6.92 Å². The second kappa shape index (κ2) is 4.49. The maximum absolute atomic E-state index is 12.2. The van der Waals surface area contributed by atoms with Crippen molar-refractivity contribution in [2.24, 2.45) is 0 Å². The second-order valence-corrected chi connectivity index (χ2v) is 4.73. The molecule has 0 bridgehead atoms. The van der Waals surface area contributed by atoms with Gasteiger partial charge in [0, 0.05) is 17.3 Å². The Hall–Kier alpha value is -1.75. The summed E-state index contributed by atoms with van der Waals surface area (Å²) in [6, 6.07) is 4.94. The van der Waals surface area contributed by atoms with Gasteiger partial charge in [-0.15, -0.1) is 0 Å². The molecule has 3 N–H and O–H groups in total. The Kier molecular flexibility index (Phi) is 3.17. The Morgan fingerprint density at radius 2 is 2.17 bits per heavy atom. The smallest absolute Gasteiger partial charge is 0.254 e. The van der Waals surface area contributed by atoms with E-state index in [1.54, 1.807) is 23.1 Å². The molecule has 0 aromatic heterocycles. The summed E-state index contributed by atoms with van der Waals surface area (Å²) in [6.45, 7) is 2.66. The quantitative estimate of drug-likeness (QED) is 0.781. The maximum atomic E-state index is 12.2. The van der Waals surface area contributed by atoms with E-state index in [0.29, 0.717) is 36.5 Å². The summed E-state index contributed by atoms with van der Waals surface area (Å²) in [5.41, 5.74) is 5.97. The Labute approximate surface area is 106 Å². The molecule has 1 saturated heterocycles. The lowest BCUT2D eigenvalue weighted by Crippen LogP contribution is -2.63. The number of ether oxygens (including phenoxy) is 1. The molecule has 5 nitrogen and oxygen atoms in total. The molecule has 18 heavy (non-hydrogen) atoms. The summed E-state index contributed by atoms with van der Waals surface area (Å²) in [6.07, 6.45) is 0.650. The number of rotatable bonds is 3. The molecule has 1 aromatic rings. The molecule has 0 unspecified atom stereocenters. The van der Waals surface area contributed by atoms with Gasteiger partial charge in [0.25, 0.3) is 5.91 Å². The molecular weight excluding hydrogens is 232 g/mol. The van der Waals surface area contributed by atoms with Crippen LogP contribution in [0.4, 0.5) is 5.69 Å². The number of methoxy groups -OCH3 is 1. The Morgan fingerprint density at radius 3 is 2.72 bits per heavy atom. The van der Waals surface area contributed by atoms with Crippen LogP contribution in [-0.2, 0) is 0 Å². The van der Waals surface area contributed by atoms with Crippen LogP contribution in [0, 0.1) is 0 Å². The minimum atomic E-state index is -0.722. The number of carbonyl (C=O) groups excluding carboxylic acids is 1. The van der Waals surface area contributed by atoms with E-state index in [0.717, 1.165) is 0 Å². The van der Waals surface area contributed by atoms with Crippen molar-refractivity contribution >= 4 is 11.6 Å². The number of hydrogen-bond donors (Lipinski definition) is 2. The van der Waals surface area contributed by atoms with E-state index in [2.05, 4.69) is 0 Å². The zero-order valence-electron chi connectivity index (χ0n) is 10.6. The molecule has 0 atom stereocenters. The molecule has 0 saturated carbocycles. The number of β-amino-alcohol motifs (C(OH)–C–C–N with tert-alkyl or cyclic N) is 1. The molecular formula is C13H18N2O3. The third-order valence-corrected chi connectivity index (χ3v) is 3.33. The fourth-order valence-corrected chi connectivity index (χ4v) is 2.08. The van der Waals surface area contributed by atoms with Gasteiger partial charge in [-0.25, -0.2) is 0 Å². The van der Waals surface area contributed by atoms with Crippen LogP contribution in [0.2, 0.25) is 0 Å². The van der Waals surface area contributed by atoms with Crippen LogP contribution in [0.3, 0.4) is 0 Å². The number of aliphatic hydroxyl groups is 1. The summed E-state index contributed by atoms with van der Waals surface area (Å²) in [5, 5.41) is 9.90. The standard InChI is InChI=1S/C13H18N2O3/c1-3-13(17)7-15(8-13)12(16)9-4-10(14)6-11(5-9)18-2/h4-6,17H,3,7-8,14H2,1-2H3. The van der Waals surface area contributed by atoms with E-state index >= 15 is 0 Å². The minimum absolute atomic E-state index is 0.126. The Morgan fingerprint density at radius 1 is 1.50 bits per heavy atom. The molecule has 2 rings (SSSR count). The molecule has 1 aromatic carbocycles. The van der Waals surface area contributed by atoms with Crippen molar-refractivity contribution in [1.82, 2.24) is 4.90 Å². The van der Waals surface area contributed by atoms with E-state index in [-0.39, 0.29) is 5.91 Å². The van der Waals surface area contributed by atoms with E-state index < -0.39 is 5.60 Å². The first kappa shape index (κ1) is 12.7. The summed E-state index contributed by atoms with van der Waals surface area (Å²) in [4.78, 5) is 13.8. The zero-order valence-corrected chi connectivity index (χ0v) is 10.6. The highest BCUT2D eigenvalue weighted by Crippen LogP contribution is 2.27. The lowest BCUT2D eigenvalue weighted by atomic mass is 9.90. The number of nitrogens with zero attached hydrogens (tertiary/aromatic N) is 1. The topological polar surface area (TPSA) is 75.8 Å². The van der Waals surface area contributed by atoms with Gasteiger partial charge in [0.05, 0.1) is 25.8 Å². The average molecular weight is 250 g/mol. The summed E-state index contributed by atoms with van der Waals surface area (Å²) in [5.74, 6) is 0.434. The molecule has 98 valence electrons. The fraction of sp³-hybridized carbons (Fsp3) is 0.462. The summed E-state index contributed by atoms with van der Waals surface area (Å²) < 4.78 is 5.08. The number of carbonyl (C=O) groups is 1. The highest BCUT2D eigenvalue weighted by Gasteiger charge is 2.42. The van der Waals surface area contributed by atoms with Crippen molar-refractivity contribution in [3.05, 3.63) is 23.8 Å². The summed E-state index contributed by atoms with van der Waals surface area (Å²) >= 11 is 0. The average Bonchev–Trinajstić information content (AvgIpc) is 2.33. The van der Waals surface area contributed by atoms with E-state index in [1.165, 1.54) is 7.11 Å². The SMILES string of the molecule is CCC1(O)CN(C(=O)c2cc(N)cc(OC)c2)C1. The van der Waals surface area contributed by atoms with Gasteiger partial charge in [-0.05, 0) is 18.6 Å². The number of benzene rings is 1. The number of amides is 1. The van der Waals surface area contributed by atoms with Crippen LogP contribution in [0.5, 0.6) is 5.75 Å². The third-order valence-electron chi connectivity index (χ3n) is 3.33. The van der Waals surface area contributed by atoms with Gasteiger partial charge in [-0.3, -0.25) is 4.79 Å². The predicted octanol–water partition coefficient (Wildman–Crippen LogP) is 0.874. The minimum Gasteiger partial charge on any atom is -0.497 e. The van der Waals surface area contributed by atoms with Crippen LogP contribution in [0.15, 0.2) is 18.2 Å². The van der Waals surface area contributed by atoms with Crippen LogP contribution in [0.1, 0.15) is 23.7 Å². The highest BCUT2D eigenvalue weighted by molar-refractivity contribution is 5.96. The van der Waals surface area contributed by atoms with Crippen molar-refractivity contribution in [2.45, 2.75) is 18.9 Å². The van der Waals surface area contributed by atoms with Gasteiger partial charge >= 0.3 is 0 Å². The van der Waals surface area contributed by atoms with Gasteiger partial charge in [0.1, 0.15) is 5.75 Å². The van der Waals surface area contributed by atoms with Gasteiger partial charge in [-0.2, -0.15) is 0 Å². The number of hydrogen-bond acceptors (Lipinski definition) is 4. The van der Waals surface area contributed by atoms with E-state index in [9.17, 15) is 9.90 Å². The highest BCUT2D eigenvalue weighted by atomic mass is 16.5. The summed E-state index contributed by atoms with van der Waals surface area (Å²) in [7, 11) is 1.53. The van der Waals surface area contributed by atoms with Crippen LogP contribution >= 0.6 is 0 Å². The molecule has 1 heterocycles. The van der Waals surface area contributed by atoms with Crippen LogP contribution in [0.25, 0.3) is 0 Å². The Balaban J connectivity index is 2.13. The Bertz CT molecular complexity index is 467. The van der Waals surface area contributed by atoms with Crippen LogP contribution in [-0.4, -0.2) is 41.7 Å².